The van der Waals surface area contributed by atoms with E-state index in [1.807, 2.05) is 36.4 Å². The summed E-state index contributed by atoms with van der Waals surface area (Å²) in [5.41, 5.74) is 5.53. The molecule has 0 amide bonds. The Balaban J connectivity index is 2.49. The molecule has 138 valence electrons. The van der Waals surface area contributed by atoms with Crippen molar-refractivity contribution in [3.8, 4) is 11.1 Å². The van der Waals surface area contributed by atoms with Crippen molar-refractivity contribution in [2.75, 3.05) is 7.11 Å². The standard InChI is InChI=1S/C23H28O3/c1-22(2)11-12-23(3,4)20-18(15-9-7-6-8-10-15)17(21(24)25)13-16(14-26-5)19(20)22/h6-10,13H,11-12,14H2,1-5H3,(H,24,25). The van der Waals surface area contributed by atoms with Crippen LogP contribution in [0.25, 0.3) is 11.1 Å². The van der Waals surface area contributed by atoms with Crippen LogP contribution in [0.4, 0.5) is 0 Å². The number of hydrogen-bond donors (Lipinski definition) is 1. The van der Waals surface area contributed by atoms with Crippen LogP contribution in [0.15, 0.2) is 36.4 Å². The van der Waals surface area contributed by atoms with E-state index in [-0.39, 0.29) is 10.8 Å². The van der Waals surface area contributed by atoms with Gasteiger partial charge in [0.1, 0.15) is 0 Å². The minimum atomic E-state index is -0.886. The second-order valence-corrected chi connectivity index (χ2v) is 8.58. The molecule has 0 aliphatic heterocycles. The molecule has 0 saturated heterocycles. The van der Waals surface area contributed by atoms with Crippen LogP contribution in [0.2, 0.25) is 0 Å². The van der Waals surface area contributed by atoms with Crippen LogP contribution in [0.1, 0.15) is 67.6 Å². The van der Waals surface area contributed by atoms with Gasteiger partial charge in [-0.25, -0.2) is 4.79 Å². The van der Waals surface area contributed by atoms with Gasteiger partial charge in [-0.15, -0.1) is 0 Å². The number of carbonyl (C=O) groups is 1. The van der Waals surface area contributed by atoms with Crippen LogP contribution >= 0.6 is 0 Å². The van der Waals surface area contributed by atoms with Crippen molar-refractivity contribution in [1.29, 1.82) is 0 Å². The number of rotatable bonds is 4. The third kappa shape index (κ3) is 3.05. The van der Waals surface area contributed by atoms with Crippen molar-refractivity contribution in [3.05, 3.63) is 58.7 Å². The maximum Gasteiger partial charge on any atom is 0.336 e. The largest absolute Gasteiger partial charge is 0.478 e. The zero-order valence-electron chi connectivity index (χ0n) is 16.3. The molecule has 0 fully saturated rings. The molecule has 3 rings (SSSR count). The first-order valence-electron chi connectivity index (χ1n) is 9.17. The van der Waals surface area contributed by atoms with Gasteiger partial charge in [0.2, 0.25) is 0 Å². The highest BCUT2D eigenvalue weighted by molar-refractivity contribution is 5.98. The average molecular weight is 352 g/mol. The monoisotopic (exact) mass is 352 g/mol. The van der Waals surface area contributed by atoms with Crippen LogP contribution < -0.4 is 0 Å². The van der Waals surface area contributed by atoms with E-state index in [4.69, 9.17) is 4.74 Å². The van der Waals surface area contributed by atoms with Crippen LogP contribution in [-0.2, 0) is 22.2 Å². The lowest BCUT2D eigenvalue weighted by atomic mass is 9.59. The maximum absolute atomic E-state index is 12.2. The number of fused-ring (bicyclic) bond motifs is 1. The van der Waals surface area contributed by atoms with E-state index in [9.17, 15) is 9.90 Å². The number of methoxy groups -OCH3 is 1. The quantitative estimate of drug-likeness (QED) is 0.785. The number of ether oxygens (including phenoxy) is 1. The second kappa shape index (κ2) is 6.55. The SMILES string of the molecule is COCc1cc(C(=O)O)c(-c2ccccc2)c2c1C(C)(C)CCC2(C)C. The Hall–Kier alpha value is -2.13. The van der Waals surface area contributed by atoms with Crippen molar-refractivity contribution in [2.45, 2.75) is 58.0 Å². The van der Waals surface area contributed by atoms with Crippen LogP contribution in [-0.4, -0.2) is 18.2 Å². The molecule has 2 aromatic carbocycles. The Morgan fingerprint density at radius 3 is 2.15 bits per heavy atom. The molecule has 0 aromatic heterocycles. The smallest absolute Gasteiger partial charge is 0.336 e. The fourth-order valence-corrected chi connectivity index (χ4v) is 4.41. The molecule has 0 radical (unpaired) electrons. The number of aromatic carboxylic acids is 1. The van der Waals surface area contributed by atoms with Crippen LogP contribution in [0.5, 0.6) is 0 Å². The minimum absolute atomic E-state index is 0.0146. The predicted octanol–water partition coefficient (Wildman–Crippen LogP) is 5.55. The topological polar surface area (TPSA) is 46.5 Å². The second-order valence-electron chi connectivity index (χ2n) is 8.58. The fraction of sp³-hybridized carbons (Fsp3) is 0.435. The summed E-state index contributed by atoms with van der Waals surface area (Å²) < 4.78 is 5.44. The highest BCUT2D eigenvalue weighted by atomic mass is 16.5. The van der Waals surface area contributed by atoms with Gasteiger partial charge in [-0.3, -0.25) is 0 Å². The molecule has 0 heterocycles. The normalized spacial score (nSPS) is 17.6. The van der Waals surface area contributed by atoms with E-state index in [0.717, 1.165) is 29.5 Å². The molecule has 2 aromatic rings. The molecule has 26 heavy (non-hydrogen) atoms. The lowest BCUT2D eigenvalue weighted by Gasteiger charge is -2.44. The molecular formula is C23H28O3. The van der Waals surface area contributed by atoms with Gasteiger partial charge in [0.15, 0.2) is 0 Å². The van der Waals surface area contributed by atoms with Crippen molar-refractivity contribution in [3.63, 3.8) is 0 Å². The van der Waals surface area contributed by atoms with Crippen LogP contribution in [0.3, 0.4) is 0 Å². The van der Waals surface area contributed by atoms with E-state index in [2.05, 4.69) is 27.7 Å². The Kier molecular flexibility index (Phi) is 4.70. The molecule has 1 N–H and O–H groups in total. The molecule has 1 aliphatic carbocycles. The Bertz CT molecular complexity index is 832. The first-order valence-corrected chi connectivity index (χ1v) is 9.17. The third-order valence-electron chi connectivity index (χ3n) is 5.73. The number of carboxylic acids is 1. The maximum atomic E-state index is 12.2. The fourth-order valence-electron chi connectivity index (χ4n) is 4.41. The third-order valence-corrected chi connectivity index (χ3v) is 5.73. The van der Waals surface area contributed by atoms with Gasteiger partial charge in [-0.1, -0.05) is 58.0 Å². The summed E-state index contributed by atoms with van der Waals surface area (Å²) in [6, 6.07) is 11.8. The van der Waals surface area contributed by atoms with Crippen LogP contribution in [0, 0.1) is 0 Å². The lowest BCUT2D eigenvalue weighted by molar-refractivity contribution is 0.0697. The molecule has 3 nitrogen and oxygen atoms in total. The molecule has 0 saturated carbocycles. The molecule has 0 atom stereocenters. The Labute approximate surface area is 156 Å². The summed E-state index contributed by atoms with van der Waals surface area (Å²) in [6.45, 7) is 9.41. The van der Waals surface area contributed by atoms with Gasteiger partial charge >= 0.3 is 5.97 Å². The first-order chi connectivity index (χ1) is 12.2. The van der Waals surface area contributed by atoms with Gasteiger partial charge in [0, 0.05) is 12.7 Å². The molecule has 1 aliphatic rings. The lowest BCUT2D eigenvalue weighted by Crippen LogP contribution is -2.36. The minimum Gasteiger partial charge on any atom is -0.478 e. The molecule has 3 heteroatoms. The van der Waals surface area contributed by atoms with E-state index in [0.29, 0.717) is 12.2 Å². The van der Waals surface area contributed by atoms with Gasteiger partial charge in [0.25, 0.3) is 0 Å². The van der Waals surface area contributed by atoms with Crippen molar-refractivity contribution in [1.82, 2.24) is 0 Å². The summed E-state index contributed by atoms with van der Waals surface area (Å²) in [4.78, 5) is 12.2. The van der Waals surface area contributed by atoms with E-state index >= 15 is 0 Å². The summed E-state index contributed by atoms with van der Waals surface area (Å²) in [7, 11) is 1.67. The molecule has 0 unspecified atom stereocenters. The zero-order valence-corrected chi connectivity index (χ0v) is 16.3. The van der Waals surface area contributed by atoms with Gasteiger partial charge in [-0.05, 0) is 52.0 Å². The number of hydrogen-bond acceptors (Lipinski definition) is 2. The Morgan fingerprint density at radius 1 is 1.04 bits per heavy atom. The molecular weight excluding hydrogens is 324 g/mol. The highest BCUT2D eigenvalue weighted by Gasteiger charge is 2.41. The van der Waals surface area contributed by atoms with E-state index < -0.39 is 5.97 Å². The highest BCUT2D eigenvalue weighted by Crippen LogP contribution is 2.51. The Morgan fingerprint density at radius 2 is 1.62 bits per heavy atom. The van der Waals surface area contributed by atoms with Gasteiger partial charge < -0.3 is 9.84 Å². The average Bonchev–Trinajstić information content (AvgIpc) is 2.59. The summed E-state index contributed by atoms with van der Waals surface area (Å²) in [5, 5.41) is 9.98. The summed E-state index contributed by atoms with van der Waals surface area (Å²) in [5.74, 6) is -0.886. The zero-order chi connectivity index (χ0) is 19.1. The van der Waals surface area contributed by atoms with Crippen molar-refractivity contribution >= 4 is 5.97 Å². The van der Waals surface area contributed by atoms with E-state index in [1.165, 1.54) is 11.1 Å². The molecule has 0 spiro atoms. The van der Waals surface area contributed by atoms with Gasteiger partial charge in [-0.2, -0.15) is 0 Å². The number of benzene rings is 2. The first kappa shape index (κ1) is 18.7. The summed E-state index contributed by atoms with van der Waals surface area (Å²) in [6.07, 6.45) is 2.10. The van der Waals surface area contributed by atoms with Crippen molar-refractivity contribution in [2.24, 2.45) is 0 Å². The molecule has 0 bridgehead atoms. The number of carboxylic acid groups (broad SMARTS) is 1. The van der Waals surface area contributed by atoms with Crippen molar-refractivity contribution < 1.29 is 14.6 Å². The predicted molar refractivity (Wildman–Crippen MR) is 105 cm³/mol. The summed E-state index contributed by atoms with van der Waals surface area (Å²) >= 11 is 0. The van der Waals surface area contributed by atoms with E-state index in [1.54, 1.807) is 7.11 Å². The van der Waals surface area contributed by atoms with Gasteiger partial charge in [0.05, 0.1) is 12.2 Å².